The quantitative estimate of drug-likeness (QED) is 0.726. The second-order valence-corrected chi connectivity index (χ2v) is 7.23. The van der Waals surface area contributed by atoms with Crippen LogP contribution in [-0.2, 0) is 13.0 Å². The molecule has 0 aliphatic carbocycles. The van der Waals surface area contributed by atoms with Crippen molar-refractivity contribution in [3.63, 3.8) is 0 Å². The molecule has 0 saturated heterocycles. The lowest BCUT2D eigenvalue weighted by molar-refractivity contribution is 0.0949. The third kappa shape index (κ3) is 4.04. The second kappa shape index (κ2) is 7.87. The van der Waals surface area contributed by atoms with Gasteiger partial charge in [0.1, 0.15) is 5.82 Å². The Morgan fingerprint density at radius 2 is 1.66 bits per heavy atom. The maximum Gasteiger partial charge on any atom is 0.258 e. The molecule has 0 fully saturated rings. The SMILES string of the molecule is Cc1ccc(C(=O)N2CCc3ccc(CNC(=O)c4ccc(F)cc4)cc32)cc1. The molecule has 0 saturated carbocycles. The molecule has 29 heavy (non-hydrogen) atoms. The van der Waals surface area contributed by atoms with Crippen LogP contribution in [0.5, 0.6) is 0 Å². The number of hydrogen-bond acceptors (Lipinski definition) is 2. The van der Waals surface area contributed by atoms with Crippen LogP contribution < -0.4 is 10.2 Å². The van der Waals surface area contributed by atoms with Crippen LogP contribution in [-0.4, -0.2) is 18.4 Å². The molecule has 4 nitrogen and oxygen atoms in total. The largest absolute Gasteiger partial charge is 0.348 e. The van der Waals surface area contributed by atoms with Crippen LogP contribution in [0.2, 0.25) is 0 Å². The Hall–Kier alpha value is -3.47. The highest BCUT2D eigenvalue weighted by atomic mass is 19.1. The number of aryl methyl sites for hydroxylation is 1. The normalized spacial score (nSPS) is 12.6. The minimum absolute atomic E-state index is 0.0174. The van der Waals surface area contributed by atoms with Crippen LogP contribution in [0, 0.1) is 12.7 Å². The van der Waals surface area contributed by atoms with Gasteiger partial charge in [-0.25, -0.2) is 4.39 Å². The summed E-state index contributed by atoms with van der Waals surface area (Å²) in [6.07, 6.45) is 0.815. The summed E-state index contributed by atoms with van der Waals surface area (Å²) in [5, 5.41) is 2.84. The molecular weight excluding hydrogens is 367 g/mol. The van der Waals surface area contributed by atoms with Gasteiger partial charge in [0.05, 0.1) is 0 Å². The third-order valence-corrected chi connectivity index (χ3v) is 5.15. The van der Waals surface area contributed by atoms with Gasteiger partial charge in [-0.05, 0) is 66.9 Å². The molecule has 4 rings (SSSR count). The highest BCUT2D eigenvalue weighted by molar-refractivity contribution is 6.07. The van der Waals surface area contributed by atoms with Crippen molar-refractivity contribution in [2.75, 3.05) is 11.4 Å². The van der Waals surface area contributed by atoms with Crippen molar-refractivity contribution in [1.29, 1.82) is 0 Å². The number of halogens is 1. The number of fused-ring (bicyclic) bond motifs is 1. The summed E-state index contributed by atoms with van der Waals surface area (Å²) < 4.78 is 13.0. The van der Waals surface area contributed by atoms with Crippen molar-refractivity contribution in [3.05, 3.63) is 100 Å². The van der Waals surface area contributed by atoms with E-state index in [1.165, 1.54) is 24.3 Å². The van der Waals surface area contributed by atoms with Gasteiger partial charge in [-0.3, -0.25) is 9.59 Å². The van der Waals surface area contributed by atoms with Crippen LogP contribution in [0.4, 0.5) is 10.1 Å². The molecule has 1 aliphatic rings. The van der Waals surface area contributed by atoms with Gasteiger partial charge >= 0.3 is 0 Å². The average molecular weight is 388 g/mol. The number of benzene rings is 3. The van der Waals surface area contributed by atoms with Gasteiger partial charge in [0.15, 0.2) is 0 Å². The van der Waals surface area contributed by atoms with Crippen molar-refractivity contribution >= 4 is 17.5 Å². The zero-order chi connectivity index (χ0) is 20.4. The number of carbonyl (C=O) groups excluding carboxylic acids is 2. The first-order valence-corrected chi connectivity index (χ1v) is 9.55. The fourth-order valence-corrected chi connectivity index (χ4v) is 3.48. The Kier molecular flexibility index (Phi) is 5.12. The molecule has 0 bridgehead atoms. The molecule has 0 aromatic heterocycles. The fraction of sp³-hybridized carbons (Fsp3) is 0.167. The molecule has 1 aliphatic heterocycles. The lowest BCUT2D eigenvalue weighted by atomic mass is 10.1. The van der Waals surface area contributed by atoms with E-state index in [2.05, 4.69) is 5.32 Å². The van der Waals surface area contributed by atoms with Gasteiger partial charge in [0.25, 0.3) is 11.8 Å². The minimum atomic E-state index is -0.376. The van der Waals surface area contributed by atoms with Gasteiger partial charge < -0.3 is 10.2 Å². The van der Waals surface area contributed by atoms with Crippen molar-refractivity contribution in [1.82, 2.24) is 5.32 Å². The predicted molar refractivity (Wildman–Crippen MR) is 111 cm³/mol. The van der Waals surface area contributed by atoms with Crippen LogP contribution in [0.1, 0.15) is 37.4 Å². The molecule has 0 radical (unpaired) electrons. The molecule has 3 aromatic rings. The van der Waals surface area contributed by atoms with E-state index in [-0.39, 0.29) is 17.6 Å². The van der Waals surface area contributed by atoms with E-state index in [1.807, 2.05) is 49.4 Å². The summed E-state index contributed by atoms with van der Waals surface area (Å²) in [6, 6.07) is 18.9. The Balaban J connectivity index is 1.48. The number of anilines is 1. The van der Waals surface area contributed by atoms with Crippen molar-refractivity contribution in [2.24, 2.45) is 0 Å². The van der Waals surface area contributed by atoms with Gasteiger partial charge in [0.2, 0.25) is 0 Å². The smallest absolute Gasteiger partial charge is 0.258 e. The third-order valence-electron chi connectivity index (χ3n) is 5.15. The lowest BCUT2D eigenvalue weighted by Crippen LogP contribution is -2.29. The average Bonchev–Trinajstić information content (AvgIpc) is 3.16. The van der Waals surface area contributed by atoms with Gasteiger partial charge in [-0.15, -0.1) is 0 Å². The summed E-state index contributed by atoms with van der Waals surface area (Å²) in [5.41, 5.74) is 5.11. The van der Waals surface area contributed by atoms with E-state index < -0.39 is 0 Å². The summed E-state index contributed by atoms with van der Waals surface area (Å²) in [6.45, 7) is 2.97. The number of nitrogens with one attached hydrogen (secondary N) is 1. The van der Waals surface area contributed by atoms with E-state index in [4.69, 9.17) is 0 Å². The fourth-order valence-electron chi connectivity index (χ4n) is 3.48. The standard InChI is InChI=1S/C24H21FN2O2/c1-16-2-5-20(6-3-16)24(29)27-13-12-18-7-4-17(14-22(18)27)15-26-23(28)19-8-10-21(25)11-9-19/h2-11,14H,12-13,15H2,1H3,(H,26,28). The van der Waals surface area contributed by atoms with Crippen LogP contribution >= 0.6 is 0 Å². The summed E-state index contributed by atoms with van der Waals surface area (Å²) in [7, 11) is 0. The molecule has 1 N–H and O–H groups in total. The van der Waals surface area contributed by atoms with Crippen LogP contribution in [0.3, 0.4) is 0 Å². The first kappa shape index (κ1) is 18.9. The number of amides is 2. The molecular formula is C24H21FN2O2. The Bertz CT molecular complexity index is 1060. The first-order valence-electron chi connectivity index (χ1n) is 9.55. The Morgan fingerprint density at radius 3 is 2.38 bits per heavy atom. The molecule has 2 amide bonds. The van der Waals surface area contributed by atoms with Gasteiger partial charge in [-0.1, -0.05) is 29.8 Å². The second-order valence-electron chi connectivity index (χ2n) is 7.23. The van der Waals surface area contributed by atoms with Crippen molar-refractivity contribution in [2.45, 2.75) is 19.9 Å². The highest BCUT2D eigenvalue weighted by Crippen LogP contribution is 2.30. The van der Waals surface area contributed by atoms with Gasteiger partial charge in [0, 0.05) is 29.9 Å². The molecule has 3 aromatic carbocycles. The Morgan fingerprint density at radius 1 is 0.966 bits per heavy atom. The zero-order valence-corrected chi connectivity index (χ0v) is 16.1. The number of carbonyl (C=O) groups is 2. The maximum atomic E-state index is 13.0. The van der Waals surface area contributed by atoms with E-state index in [0.29, 0.717) is 24.2 Å². The molecule has 0 unspecified atom stereocenters. The van der Waals surface area contributed by atoms with Crippen molar-refractivity contribution in [3.8, 4) is 0 Å². The van der Waals surface area contributed by atoms with E-state index in [9.17, 15) is 14.0 Å². The van der Waals surface area contributed by atoms with E-state index >= 15 is 0 Å². The number of rotatable bonds is 4. The maximum absolute atomic E-state index is 13.0. The molecule has 1 heterocycles. The van der Waals surface area contributed by atoms with Crippen LogP contribution in [0.15, 0.2) is 66.7 Å². The summed E-state index contributed by atoms with van der Waals surface area (Å²) in [4.78, 5) is 27.0. The lowest BCUT2D eigenvalue weighted by Gasteiger charge is -2.18. The van der Waals surface area contributed by atoms with Gasteiger partial charge in [-0.2, -0.15) is 0 Å². The topological polar surface area (TPSA) is 49.4 Å². The number of nitrogens with zero attached hydrogens (tertiary/aromatic N) is 1. The minimum Gasteiger partial charge on any atom is -0.348 e. The monoisotopic (exact) mass is 388 g/mol. The predicted octanol–water partition coefficient (Wildman–Crippen LogP) is 4.27. The highest BCUT2D eigenvalue weighted by Gasteiger charge is 2.25. The zero-order valence-electron chi connectivity index (χ0n) is 16.1. The van der Waals surface area contributed by atoms with E-state index in [1.54, 1.807) is 4.90 Å². The molecule has 5 heteroatoms. The first-order chi connectivity index (χ1) is 14.0. The molecule has 0 atom stereocenters. The van der Waals surface area contributed by atoms with E-state index in [0.717, 1.165) is 28.8 Å². The van der Waals surface area contributed by atoms with Crippen LogP contribution in [0.25, 0.3) is 0 Å². The molecule has 0 spiro atoms. The summed E-state index contributed by atoms with van der Waals surface area (Å²) in [5.74, 6) is -0.659. The van der Waals surface area contributed by atoms with Crippen molar-refractivity contribution < 1.29 is 14.0 Å². The molecule has 146 valence electrons. The number of hydrogen-bond donors (Lipinski definition) is 1. The Labute approximate surface area is 169 Å². The summed E-state index contributed by atoms with van der Waals surface area (Å²) >= 11 is 0.